The van der Waals surface area contributed by atoms with Crippen molar-refractivity contribution in [1.82, 2.24) is 14.5 Å². The van der Waals surface area contributed by atoms with E-state index >= 15 is 0 Å². The Morgan fingerprint density at radius 3 is 2.38 bits per heavy atom. The summed E-state index contributed by atoms with van der Waals surface area (Å²) in [4.78, 5) is 20.1. The van der Waals surface area contributed by atoms with Crippen molar-refractivity contribution in [2.75, 3.05) is 37.6 Å². The van der Waals surface area contributed by atoms with E-state index in [-0.39, 0.29) is 5.56 Å². The number of aliphatic hydroxyl groups is 1. The monoisotopic (exact) mass is 428 g/mol. The lowest BCUT2D eigenvalue weighted by Crippen LogP contribution is -2.46. The smallest absolute Gasteiger partial charge is 0.255 e. The van der Waals surface area contributed by atoms with E-state index in [9.17, 15) is 9.90 Å². The molecule has 6 nitrogen and oxygen atoms in total. The summed E-state index contributed by atoms with van der Waals surface area (Å²) in [5.74, 6) is 0. The Labute approximate surface area is 187 Å². The van der Waals surface area contributed by atoms with E-state index in [0.29, 0.717) is 0 Å². The third-order valence-electron chi connectivity index (χ3n) is 6.39. The van der Waals surface area contributed by atoms with Gasteiger partial charge in [0, 0.05) is 79.0 Å². The van der Waals surface area contributed by atoms with Crippen LogP contribution >= 0.6 is 0 Å². The molecule has 1 fully saturated rings. The minimum Gasteiger partial charge on any atom is -0.388 e. The first-order chi connectivity index (χ1) is 15.7. The predicted octanol–water partition coefficient (Wildman–Crippen LogP) is 3.56. The molecule has 5 rings (SSSR count). The Morgan fingerprint density at radius 2 is 1.59 bits per heavy atom. The molecule has 0 saturated carbocycles. The van der Waals surface area contributed by atoms with E-state index < -0.39 is 6.10 Å². The Kier molecular flexibility index (Phi) is 5.79. The van der Waals surface area contributed by atoms with Crippen LogP contribution in [0.15, 0.2) is 83.9 Å². The summed E-state index contributed by atoms with van der Waals surface area (Å²) in [6.45, 7) is 4.73. The van der Waals surface area contributed by atoms with Crippen molar-refractivity contribution in [3.8, 4) is 5.69 Å². The number of benzene rings is 2. The number of rotatable bonds is 6. The minimum absolute atomic E-state index is 0.0244. The van der Waals surface area contributed by atoms with Gasteiger partial charge in [0.25, 0.3) is 5.56 Å². The second-order valence-electron chi connectivity index (χ2n) is 8.35. The lowest BCUT2D eigenvalue weighted by molar-refractivity contribution is 0.140. The summed E-state index contributed by atoms with van der Waals surface area (Å²) in [6, 6.07) is 21.5. The van der Waals surface area contributed by atoms with Gasteiger partial charge in [-0.2, -0.15) is 0 Å². The van der Waals surface area contributed by atoms with Crippen molar-refractivity contribution in [3.05, 3.63) is 95.0 Å². The third-order valence-corrected chi connectivity index (χ3v) is 6.39. The van der Waals surface area contributed by atoms with Gasteiger partial charge < -0.3 is 15.0 Å². The van der Waals surface area contributed by atoms with Crippen LogP contribution < -0.4 is 10.5 Å². The van der Waals surface area contributed by atoms with E-state index in [4.69, 9.17) is 0 Å². The molecule has 164 valence electrons. The van der Waals surface area contributed by atoms with Crippen molar-refractivity contribution in [2.45, 2.75) is 12.5 Å². The van der Waals surface area contributed by atoms with Crippen LogP contribution in [0.3, 0.4) is 0 Å². The quantitative estimate of drug-likeness (QED) is 0.493. The highest BCUT2D eigenvalue weighted by Crippen LogP contribution is 2.26. The largest absolute Gasteiger partial charge is 0.388 e. The van der Waals surface area contributed by atoms with Crippen LogP contribution in [0.1, 0.15) is 18.1 Å². The maximum Gasteiger partial charge on any atom is 0.255 e. The molecule has 0 bridgehead atoms. The van der Waals surface area contributed by atoms with Crippen LogP contribution in [0.4, 0.5) is 5.69 Å². The molecule has 3 heterocycles. The van der Waals surface area contributed by atoms with Crippen molar-refractivity contribution in [2.24, 2.45) is 0 Å². The van der Waals surface area contributed by atoms with E-state index in [0.717, 1.165) is 61.3 Å². The SMILES string of the molecule is O=c1ccccn1-c1ccc(N2CCN(CCC(O)c3c[nH]c4ccccc34)CC2)cc1. The first kappa shape index (κ1) is 20.5. The molecular weight excluding hydrogens is 400 g/mol. The number of aromatic amines is 1. The molecule has 2 aromatic carbocycles. The van der Waals surface area contributed by atoms with Gasteiger partial charge in [-0.25, -0.2) is 0 Å². The summed E-state index contributed by atoms with van der Waals surface area (Å²) in [5.41, 5.74) is 4.08. The number of hydrogen-bond acceptors (Lipinski definition) is 4. The fourth-order valence-electron chi connectivity index (χ4n) is 4.52. The average Bonchev–Trinajstić information content (AvgIpc) is 3.28. The van der Waals surface area contributed by atoms with Gasteiger partial charge in [-0.15, -0.1) is 0 Å². The number of H-pyrrole nitrogens is 1. The number of pyridine rings is 1. The van der Waals surface area contributed by atoms with E-state index in [1.165, 1.54) is 5.69 Å². The van der Waals surface area contributed by atoms with Crippen molar-refractivity contribution >= 4 is 16.6 Å². The Morgan fingerprint density at radius 1 is 0.875 bits per heavy atom. The molecule has 0 radical (unpaired) electrons. The molecule has 6 heteroatoms. The number of fused-ring (bicyclic) bond motifs is 1. The number of piperazine rings is 1. The maximum absolute atomic E-state index is 12.0. The van der Waals surface area contributed by atoms with E-state index in [2.05, 4.69) is 33.0 Å². The molecule has 0 amide bonds. The number of nitrogens with one attached hydrogen (secondary N) is 1. The van der Waals surface area contributed by atoms with Crippen LogP contribution in [-0.2, 0) is 0 Å². The highest BCUT2D eigenvalue weighted by Gasteiger charge is 2.19. The second kappa shape index (κ2) is 9.02. The minimum atomic E-state index is -0.460. The number of anilines is 1. The summed E-state index contributed by atoms with van der Waals surface area (Å²) in [6.07, 6.45) is 3.99. The first-order valence-corrected chi connectivity index (χ1v) is 11.2. The molecule has 1 aliphatic heterocycles. The van der Waals surface area contributed by atoms with Gasteiger partial charge >= 0.3 is 0 Å². The van der Waals surface area contributed by atoms with Gasteiger partial charge in [0.2, 0.25) is 0 Å². The topological polar surface area (TPSA) is 64.5 Å². The lowest BCUT2D eigenvalue weighted by Gasteiger charge is -2.36. The van der Waals surface area contributed by atoms with Crippen LogP contribution in [-0.4, -0.2) is 52.3 Å². The Bertz CT molecular complexity index is 1240. The molecule has 0 aliphatic carbocycles. The van der Waals surface area contributed by atoms with Crippen LogP contribution in [0.2, 0.25) is 0 Å². The summed E-state index contributed by atoms with van der Waals surface area (Å²) in [7, 11) is 0. The highest BCUT2D eigenvalue weighted by molar-refractivity contribution is 5.83. The fourth-order valence-corrected chi connectivity index (χ4v) is 4.52. The summed E-state index contributed by atoms with van der Waals surface area (Å²) >= 11 is 0. The van der Waals surface area contributed by atoms with Crippen LogP contribution in [0.25, 0.3) is 16.6 Å². The molecule has 1 aliphatic rings. The van der Waals surface area contributed by atoms with Gasteiger partial charge in [0.15, 0.2) is 0 Å². The Hall–Kier alpha value is -3.35. The molecule has 2 aromatic heterocycles. The summed E-state index contributed by atoms with van der Waals surface area (Å²) < 4.78 is 1.65. The third kappa shape index (κ3) is 4.20. The standard InChI is InChI=1S/C26H28N4O2/c31-25(23-19-27-24-6-2-1-5-22(23)24)12-14-28-15-17-29(18-16-28)20-8-10-21(11-9-20)30-13-4-3-7-26(30)32/h1-11,13,19,25,27,31H,12,14-18H2. The Balaban J connectivity index is 1.15. The number of para-hydroxylation sites is 1. The molecule has 0 spiro atoms. The molecular formula is C26H28N4O2. The zero-order chi connectivity index (χ0) is 21.9. The zero-order valence-electron chi connectivity index (χ0n) is 18.0. The first-order valence-electron chi connectivity index (χ1n) is 11.2. The maximum atomic E-state index is 12.0. The molecule has 1 atom stereocenters. The van der Waals surface area contributed by atoms with Crippen LogP contribution in [0.5, 0.6) is 0 Å². The van der Waals surface area contributed by atoms with Crippen LogP contribution in [0, 0.1) is 0 Å². The highest BCUT2D eigenvalue weighted by atomic mass is 16.3. The lowest BCUT2D eigenvalue weighted by atomic mass is 10.1. The average molecular weight is 429 g/mol. The van der Waals surface area contributed by atoms with Crippen molar-refractivity contribution < 1.29 is 5.11 Å². The molecule has 32 heavy (non-hydrogen) atoms. The predicted molar refractivity (Wildman–Crippen MR) is 129 cm³/mol. The number of aromatic nitrogens is 2. The molecule has 1 saturated heterocycles. The van der Waals surface area contributed by atoms with Gasteiger partial charge in [-0.1, -0.05) is 24.3 Å². The molecule has 2 N–H and O–H groups in total. The number of aliphatic hydroxyl groups excluding tert-OH is 1. The van der Waals surface area contributed by atoms with Gasteiger partial charge in [0.05, 0.1) is 6.10 Å². The zero-order valence-corrected chi connectivity index (χ0v) is 18.0. The van der Waals surface area contributed by atoms with Crippen molar-refractivity contribution in [3.63, 3.8) is 0 Å². The van der Waals surface area contributed by atoms with Gasteiger partial charge in [-0.3, -0.25) is 14.3 Å². The van der Waals surface area contributed by atoms with Gasteiger partial charge in [-0.05, 0) is 42.8 Å². The van der Waals surface area contributed by atoms with E-state index in [1.807, 2.05) is 42.6 Å². The van der Waals surface area contributed by atoms with E-state index in [1.54, 1.807) is 22.9 Å². The number of hydrogen-bond donors (Lipinski definition) is 2. The molecule has 4 aromatic rings. The summed E-state index contributed by atoms with van der Waals surface area (Å²) in [5, 5.41) is 11.8. The fraction of sp³-hybridized carbons (Fsp3) is 0.269. The normalized spacial score (nSPS) is 15.8. The number of nitrogens with zero attached hydrogens (tertiary/aromatic N) is 3. The van der Waals surface area contributed by atoms with Gasteiger partial charge in [0.1, 0.15) is 0 Å². The van der Waals surface area contributed by atoms with Crippen molar-refractivity contribution in [1.29, 1.82) is 0 Å². The second-order valence-corrected chi connectivity index (χ2v) is 8.35. The molecule has 1 unspecified atom stereocenters.